The average molecular weight is 359 g/mol. The fraction of sp³-hybridized carbons (Fsp3) is 0.304. The summed E-state index contributed by atoms with van der Waals surface area (Å²) in [6.07, 6.45) is 7.74. The Morgan fingerprint density at radius 3 is 2.56 bits per heavy atom. The van der Waals surface area contributed by atoms with Crippen molar-refractivity contribution in [3.05, 3.63) is 70.9 Å². The van der Waals surface area contributed by atoms with Gasteiger partial charge in [0.25, 0.3) is 5.56 Å². The highest BCUT2D eigenvalue weighted by Gasteiger charge is 2.16. The van der Waals surface area contributed by atoms with Gasteiger partial charge in [-0.15, -0.1) is 0 Å². The Kier molecular flexibility index (Phi) is 4.56. The van der Waals surface area contributed by atoms with Crippen LogP contribution >= 0.6 is 0 Å². The van der Waals surface area contributed by atoms with E-state index in [-0.39, 0.29) is 11.6 Å². The molecule has 1 aliphatic rings. The lowest BCUT2D eigenvalue weighted by molar-refractivity contribution is 0.515. The maximum absolute atomic E-state index is 12.2. The molecule has 0 bridgehead atoms. The van der Waals surface area contributed by atoms with Gasteiger partial charge in [-0.2, -0.15) is 0 Å². The van der Waals surface area contributed by atoms with Crippen LogP contribution in [0.15, 0.2) is 59.8 Å². The number of hydrogen-bond acceptors (Lipinski definition) is 3. The first-order valence-electron chi connectivity index (χ1n) is 9.59. The minimum atomic E-state index is 0.0416. The Hall–Kier alpha value is -2.88. The Bertz CT molecular complexity index is 1040. The number of benzene rings is 1. The van der Waals surface area contributed by atoms with Crippen LogP contribution < -0.4 is 10.5 Å². The molecule has 27 heavy (non-hydrogen) atoms. The summed E-state index contributed by atoms with van der Waals surface area (Å²) in [4.78, 5) is 18.9. The van der Waals surface area contributed by atoms with Crippen molar-refractivity contribution in [2.24, 2.45) is 0 Å². The third-order valence-electron chi connectivity index (χ3n) is 5.62. The van der Waals surface area contributed by atoms with Crippen LogP contribution in [0.25, 0.3) is 22.3 Å². The molecule has 0 saturated heterocycles. The van der Waals surface area contributed by atoms with Crippen molar-refractivity contribution in [1.29, 1.82) is 0 Å². The van der Waals surface area contributed by atoms with Gasteiger partial charge in [0.05, 0.1) is 0 Å². The molecule has 138 valence electrons. The van der Waals surface area contributed by atoms with E-state index in [1.807, 2.05) is 29.2 Å². The summed E-state index contributed by atoms with van der Waals surface area (Å²) in [5.41, 5.74) is 7.10. The number of fused-ring (bicyclic) bond motifs is 1. The predicted octanol–water partition coefficient (Wildman–Crippen LogP) is 4.54. The quantitative estimate of drug-likeness (QED) is 0.686. The molecule has 0 spiro atoms. The van der Waals surface area contributed by atoms with E-state index in [0.29, 0.717) is 0 Å². The summed E-state index contributed by atoms with van der Waals surface area (Å²) in [6, 6.07) is 12.5. The number of nitrogens with zero attached hydrogens (tertiary/aromatic N) is 3. The van der Waals surface area contributed by atoms with E-state index in [1.54, 1.807) is 6.07 Å². The molecule has 0 amide bonds. The number of rotatable bonds is 4. The number of likely N-dealkylation sites (N-methyl/N-ethyl adjacent to an activating group) is 1. The third kappa shape index (κ3) is 3.27. The van der Waals surface area contributed by atoms with E-state index >= 15 is 0 Å². The summed E-state index contributed by atoms with van der Waals surface area (Å²) >= 11 is 0. The van der Waals surface area contributed by atoms with Gasteiger partial charge in [-0.25, -0.2) is 0 Å². The maximum Gasteiger partial charge on any atom is 0.250 e. The lowest BCUT2D eigenvalue weighted by atomic mass is 10.0. The van der Waals surface area contributed by atoms with Crippen LogP contribution in [0.5, 0.6) is 0 Å². The van der Waals surface area contributed by atoms with Gasteiger partial charge in [0.1, 0.15) is 0 Å². The molecule has 0 radical (unpaired) electrons. The molecule has 0 saturated carbocycles. The molecular formula is C23H25N3O. The van der Waals surface area contributed by atoms with Crippen molar-refractivity contribution >= 4 is 5.69 Å². The van der Waals surface area contributed by atoms with Crippen molar-refractivity contribution in [2.45, 2.75) is 32.7 Å². The molecule has 1 aromatic carbocycles. The fourth-order valence-corrected chi connectivity index (χ4v) is 3.72. The number of anilines is 1. The van der Waals surface area contributed by atoms with Crippen molar-refractivity contribution < 1.29 is 0 Å². The molecule has 2 aromatic heterocycles. The highest BCUT2D eigenvalue weighted by atomic mass is 16.1. The molecule has 1 atom stereocenters. The molecule has 3 aromatic rings. The van der Waals surface area contributed by atoms with Gasteiger partial charge in [0.2, 0.25) is 0 Å². The zero-order valence-corrected chi connectivity index (χ0v) is 16.1. The Labute approximate surface area is 160 Å². The van der Waals surface area contributed by atoms with Gasteiger partial charge in [-0.1, -0.05) is 13.0 Å². The van der Waals surface area contributed by atoms with Gasteiger partial charge in [0, 0.05) is 61.1 Å². The lowest BCUT2D eigenvalue weighted by Gasteiger charge is -2.15. The summed E-state index contributed by atoms with van der Waals surface area (Å²) in [5.74, 6) is 0. The minimum absolute atomic E-state index is 0.0416. The summed E-state index contributed by atoms with van der Waals surface area (Å²) in [7, 11) is 2.14. The normalized spacial score (nSPS) is 14.3. The van der Waals surface area contributed by atoms with Crippen LogP contribution in [0.3, 0.4) is 0 Å². The molecule has 3 heterocycles. The van der Waals surface area contributed by atoms with Crippen molar-refractivity contribution in [2.75, 3.05) is 18.5 Å². The lowest BCUT2D eigenvalue weighted by Crippen LogP contribution is -2.21. The van der Waals surface area contributed by atoms with Crippen molar-refractivity contribution in [3.8, 4) is 22.3 Å². The Morgan fingerprint density at radius 2 is 1.78 bits per heavy atom. The van der Waals surface area contributed by atoms with E-state index in [9.17, 15) is 4.79 Å². The van der Waals surface area contributed by atoms with Crippen LogP contribution in [0.2, 0.25) is 0 Å². The molecular weight excluding hydrogens is 334 g/mol. The summed E-state index contributed by atoms with van der Waals surface area (Å²) < 4.78 is 1.81. The topological polar surface area (TPSA) is 38.1 Å². The first-order valence-corrected chi connectivity index (χ1v) is 9.59. The second kappa shape index (κ2) is 7.03. The third-order valence-corrected chi connectivity index (χ3v) is 5.62. The van der Waals surface area contributed by atoms with E-state index in [4.69, 9.17) is 0 Å². The summed E-state index contributed by atoms with van der Waals surface area (Å²) in [5, 5.41) is 0. The second-order valence-corrected chi connectivity index (χ2v) is 7.40. The van der Waals surface area contributed by atoms with Crippen molar-refractivity contribution in [1.82, 2.24) is 9.55 Å². The van der Waals surface area contributed by atoms with Gasteiger partial charge < -0.3 is 9.47 Å². The van der Waals surface area contributed by atoms with Crippen LogP contribution in [0.4, 0.5) is 5.69 Å². The van der Waals surface area contributed by atoms with Gasteiger partial charge >= 0.3 is 0 Å². The van der Waals surface area contributed by atoms with Crippen molar-refractivity contribution in [3.63, 3.8) is 0 Å². The van der Waals surface area contributed by atoms with E-state index in [0.717, 1.165) is 36.1 Å². The molecule has 0 unspecified atom stereocenters. The molecule has 4 heteroatoms. The van der Waals surface area contributed by atoms with Gasteiger partial charge in [-0.3, -0.25) is 9.78 Å². The Balaban J connectivity index is 1.73. The smallest absolute Gasteiger partial charge is 0.250 e. The van der Waals surface area contributed by atoms with Gasteiger partial charge in [-0.05, 0) is 60.7 Å². The monoisotopic (exact) mass is 359 g/mol. The number of hydrogen-bond donors (Lipinski definition) is 0. The fourth-order valence-electron chi connectivity index (χ4n) is 3.72. The van der Waals surface area contributed by atoms with Crippen LogP contribution in [-0.4, -0.2) is 23.1 Å². The highest BCUT2D eigenvalue weighted by molar-refractivity contribution is 5.74. The van der Waals surface area contributed by atoms with E-state index in [2.05, 4.69) is 55.0 Å². The number of pyridine rings is 2. The maximum atomic E-state index is 12.2. The standard InChI is InChI=1S/C23H25N3O/c1-4-16(2)26-15-19(6-8-23(26)27)21-12-20(13-24-14-21)17-5-7-22-18(11-17)9-10-25(22)3/h5-8,11-16H,4,9-10H2,1-3H3/t16-/m1/s1. The van der Waals surface area contributed by atoms with Crippen LogP contribution in [-0.2, 0) is 6.42 Å². The van der Waals surface area contributed by atoms with Gasteiger partial charge in [0.15, 0.2) is 0 Å². The first kappa shape index (κ1) is 17.5. The highest BCUT2D eigenvalue weighted by Crippen LogP contribution is 2.32. The average Bonchev–Trinajstić information content (AvgIpc) is 3.08. The molecule has 4 rings (SSSR count). The molecule has 0 aliphatic carbocycles. The Morgan fingerprint density at radius 1 is 1.04 bits per heavy atom. The van der Waals surface area contributed by atoms with E-state index in [1.165, 1.54) is 16.8 Å². The predicted molar refractivity (Wildman–Crippen MR) is 111 cm³/mol. The summed E-state index contributed by atoms with van der Waals surface area (Å²) in [6.45, 7) is 5.24. The zero-order chi connectivity index (χ0) is 19.0. The largest absolute Gasteiger partial charge is 0.374 e. The zero-order valence-electron chi connectivity index (χ0n) is 16.1. The van der Waals surface area contributed by atoms with E-state index < -0.39 is 0 Å². The van der Waals surface area contributed by atoms with Crippen LogP contribution in [0, 0.1) is 0 Å². The SMILES string of the molecule is CC[C@@H](C)n1cc(-c2cncc(-c3ccc4c(c3)CCN4C)c2)ccc1=O. The molecule has 0 fully saturated rings. The minimum Gasteiger partial charge on any atom is -0.374 e. The first-order chi connectivity index (χ1) is 13.1. The second-order valence-electron chi connectivity index (χ2n) is 7.40. The molecule has 4 nitrogen and oxygen atoms in total. The van der Waals surface area contributed by atoms with Crippen LogP contribution in [0.1, 0.15) is 31.9 Å². The molecule has 0 N–H and O–H groups in total. The number of aromatic nitrogens is 2. The molecule has 1 aliphatic heterocycles.